The summed E-state index contributed by atoms with van der Waals surface area (Å²) in [5.74, 6) is -2.32. The SMILES string of the molecule is N#Cc1ccccc1OCC(=O)N1N=C2CCCCC[C@H]2[C@]1(O)C(F)(F)F. The number of aliphatic hydroxyl groups is 1. The summed E-state index contributed by atoms with van der Waals surface area (Å²) in [6.07, 6.45) is -2.70. The zero-order chi connectivity index (χ0) is 19.7. The fourth-order valence-electron chi connectivity index (χ4n) is 3.53. The van der Waals surface area contributed by atoms with Crippen molar-refractivity contribution in [2.45, 2.75) is 44.0 Å². The van der Waals surface area contributed by atoms with Crippen molar-refractivity contribution in [3.05, 3.63) is 29.8 Å². The summed E-state index contributed by atoms with van der Waals surface area (Å²) in [5.41, 5.74) is -3.03. The molecule has 144 valence electrons. The monoisotopic (exact) mass is 381 g/mol. The van der Waals surface area contributed by atoms with Crippen LogP contribution in [0.2, 0.25) is 0 Å². The first-order valence-corrected chi connectivity index (χ1v) is 8.60. The normalized spacial score (nSPS) is 25.2. The van der Waals surface area contributed by atoms with Crippen LogP contribution in [0, 0.1) is 17.2 Å². The molecule has 2 atom stereocenters. The minimum absolute atomic E-state index is 0.0740. The smallest absolute Gasteiger partial charge is 0.439 e. The van der Waals surface area contributed by atoms with Gasteiger partial charge in [0.15, 0.2) is 6.61 Å². The fraction of sp³-hybridized carbons (Fsp3) is 0.500. The zero-order valence-corrected chi connectivity index (χ0v) is 14.4. The van der Waals surface area contributed by atoms with E-state index >= 15 is 0 Å². The highest BCUT2D eigenvalue weighted by molar-refractivity contribution is 5.93. The molecule has 0 spiro atoms. The number of rotatable bonds is 3. The Bertz CT molecular complexity index is 803. The molecule has 0 aromatic heterocycles. The van der Waals surface area contributed by atoms with Crippen LogP contribution in [0.5, 0.6) is 5.75 Å². The second-order valence-corrected chi connectivity index (χ2v) is 6.57. The van der Waals surface area contributed by atoms with E-state index in [-0.39, 0.29) is 28.5 Å². The molecule has 1 aromatic carbocycles. The highest BCUT2D eigenvalue weighted by atomic mass is 19.4. The van der Waals surface area contributed by atoms with Crippen molar-refractivity contribution in [1.29, 1.82) is 5.26 Å². The van der Waals surface area contributed by atoms with Crippen LogP contribution in [0.3, 0.4) is 0 Å². The van der Waals surface area contributed by atoms with Crippen molar-refractivity contribution < 1.29 is 27.8 Å². The van der Waals surface area contributed by atoms with Crippen molar-refractivity contribution in [2.75, 3.05) is 6.61 Å². The van der Waals surface area contributed by atoms with Crippen LogP contribution in [-0.4, -0.2) is 40.2 Å². The lowest BCUT2D eigenvalue weighted by molar-refractivity contribution is -0.317. The maximum absolute atomic E-state index is 13.7. The molecule has 1 saturated carbocycles. The summed E-state index contributed by atoms with van der Waals surface area (Å²) in [7, 11) is 0. The number of carbonyl (C=O) groups excluding carboxylic acids is 1. The largest absolute Gasteiger partial charge is 0.482 e. The number of alkyl halides is 3. The van der Waals surface area contributed by atoms with Gasteiger partial charge in [-0.2, -0.15) is 28.5 Å². The molecule has 0 radical (unpaired) electrons. The quantitative estimate of drug-likeness (QED) is 0.872. The predicted octanol–water partition coefficient (Wildman–Crippen LogP) is 2.97. The molecule has 1 aliphatic carbocycles. The first kappa shape index (κ1) is 19.2. The zero-order valence-electron chi connectivity index (χ0n) is 14.4. The third kappa shape index (κ3) is 3.37. The maximum atomic E-state index is 13.7. The van der Waals surface area contributed by atoms with E-state index in [1.807, 2.05) is 6.07 Å². The van der Waals surface area contributed by atoms with Crippen LogP contribution >= 0.6 is 0 Å². The molecule has 6 nitrogen and oxygen atoms in total. The summed E-state index contributed by atoms with van der Waals surface area (Å²) < 4.78 is 46.4. The van der Waals surface area contributed by atoms with E-state index in [4.69, 9.17) is 10.00 Å². The molecule has 1 aromatic rings. The third-order valence-electron chi connectivity index (χ3n) is 4.88. The third-order valence-corrected chi connectivity index (χ3v) is 4.88. The van der Waals surface area contributed by atoms with Gasteiger partial charge in [0, 0.05) is 5.71 Å². The van der Waals surface area contributed by atoms with Crippen LogP contribution < -0.4 is 4.74 Å². The van der Waals surface area contributed by atoms with Crippen molar-refractivity contribution in [3.8, 4) is 11.8 Å². The Balaban J connectivity index is 1.84. The van der Waals surface area contributed by atoms with E-state index in [1.165, 1.54) is 12.1 Å². The summed E-state index contributed by atoms with van der Waals surface area (Å²) in [5, 5.41) is 23.5. The molecule has 1 heterocycles. The van der Waals surface area contributed by atoms with Crippen LogP contribution in [0.25, 0.3) is 0 Å². The molecule has 1 aliphatic heterocycles. The van der Waals surface area contributed by atoms with Gasteiger partial charge in [-0.3, -0.25) is 4.79 Å². The Morgan fingerprint density at radius 3 is 2.81 bits per heavy atom. The lowest BCUT2D eigenvalue weighted by Gasteiger charge is -2.37. The number of amides is 1. The minimum Gasteiger partial charge on any atom is -0.482 e. The van der Waals surface area contributed by atoms with Crippen LogP contribution in [0.15, 0.2) is 29.4 Å². The van der Waals surface area contributed by atoms with Gasteiger partial charge in [0.1, 0.15) is 11.8 Å². The number of benzene rings is 1. The van der Waals surface area contributed by atoms with Crippen molar-refractivity contribution in [2.24, 2.45) is 11.0 Å². The fourth-order valence-corrected chi connectivity index (χ4v) is 3.53. The number of fused-ring (bicyclic) bond motifs is 1. The number of halogens is 3. The first-order valence-electron chi connectivity index (χ1n) is 8.60. The van der Waals surface area contributed by atoms with Gasteiger partial charge in [-0.1, -0.05) is 25.0 Å². The Kier molecular flexibility index (Phi) is 5.11. The van der Waals surface area contributed by atoms with E-state index in [9.17, 15) is 23.1 Å². The first-order chi connectivity index (χ1) is 12.8. The second kappa shape index (κ2) is 7.19. The van der Waals surface area contributed by atoms with Gasteiger partial charge < -0.3 is 9.84 Å². The van der Waals surface area contributed by atoms with Gasteiger partial charge in [0.2, 0.25) is 0 Å². The number of hydrazone groups is 1. The van der Waals surface area contributed by atoms with Crippen molar-refractivity contribution in [3.63, 3.8) is 0 Å². The summed E-state index contributed by atoms with van der Waals surface area (Å²) in [6, 6.07) is 7.92. The maximum Gasteiger partial charge on any atom is 0.439 e. The molecule has 1 amide bonds. The number of nitriles is 1. The Hall–Kier alpha value is -2.60. The number of para-hydroxylation sites is 1. The number of hydrogen-bond acceptors (Lipinski definition) is 5. The number of nitrogens with zero attached hydrogens (tertiary/aromatic N) is 3. The van der Waals surface area contributed by atoms with Crippen molar-refractivity contribution >= 4 is 11.6 Å². The van der Waals surface area contributed by atoms with Crippen LogP contribution in [0.1, 0.15) is 37.7 Å². The molecule has 27 heavy (non-hydrogen) atoms. The van der Waals surface area contributed by atoms with E-state index < -0.39 is 30.3 Å². The Labute approximate surface area is 153 Å². The molecular weight excluding hydrogens is 363 g/mol. The molecule has 2 aliphatic rings. The van der Waals surface area contributed by atoms with Crippen LogP contribution in [-0.2, 0) is 4.79 Å². The highest BCUT2D eigenvalue weighted by Gasteiger charge is 2.68. The second-order valence-electron chi connectivity index (χ2n) is 6.57. The summed E-state index contributed by atoms with van der Waals surface area (Å²) in [6.45, 7) is -0.777. The predicted molar refractivity (Wildman–Crippen MR) is 88.5 cm³/mol. The Morgan fingerprint density at radius 2 is 2.11 bits per heavy atom. The lowest BCUT2D eigenvalue weighted by atomic mass is 9.87. The molecule has 9 heteroatoms. The van der Waals surface area contributed by atoms with Gasteiger partial charge in [-0.25, -0.2) is 0 Å². The molecule has 0 saturated heterocycles. The molecular formula is C18H18F3N3O3. The standard InChI is InChI=1S/C18H18F3N3O3/c19-18(20,21)17(26)13-7-2-1-3-8-14(13)23-24(17)16(25)11-27-15-9-5-4-6-12(15)10-22/h4-6,9,13,26H,1-3,7-8,11H2/t13-,17+/m1/s1. The molecule has 0 unspecified atom stereocenters. The topological polar surface area (TPSA) is 85.9 Å². The van der Waals surface area contributed by atoms with E-state index in [2.05, 4.69) is 5.10 Å². The molecule has 3 rings (SSSR count). The summed E-state index contributed by atoms with van der Waals surface area (Å²) >= 11 is 0. The van der Waals surface area contributed by atoms with E-state index in [0.717, 1.165) is 6.42 Å². The van der Waals surface area contributed by atoms with Crippen molar-refractivity contribution in [1.82, 2.24) is 5.01 Å². The summed E-state index contributed by atoms with van der Waals surface area (Å²) in [4.78, 5) is 12.5. The van der Waals surface area contributed by atoms with Gasteiger partial charge in [-0.05, 0) is 31.4 Å². The average molecular weight is 381 g/mol. The minimum atomic E-state index is -5.06. The highest BCUT2D eigenvalue weighted by Crippen LogP contribution is 2.47. The van der Waals surface area contributed by atoms with Gasteiger partial charge in [-0.15, -0.1) is 0 Å². The average Bonchev–Trinajstić information content (AvgIpc) is 2.79. The number of ether oxygens (including phenoxy) is 1. The molecule has 1 fully saturated rings. The molecule has 0 bridgehead atoms. The number of carbonyl (C=O) groups is 1. The van der Waals surface area contributed by atoms with Gasteiger partial charge >= 0.3 is 6.18 Å². The number of hydrogen-bond donors (Lipinski definition) is 1. The van der Waals surface area contributed by atoms with E-state index in [1.54, 1.807) is 12.1 Å². The van der Waals surface area contributed by atoms with Crippen LogP contribution in [0.4, 0.5) is 13.2 Å². The molecule has 1 N–H and O–H groups in total. The van der Waals surface area contributed by atoms with Gasteiger partial charge in [0.25, 0.3) is 11.6 Å². The Morgan fingerprint density at radius 1 is 1.37 bits per heavy atom. The van der Waals surface area contributed by atoms with Gasteiger partial charge in [0.05, 0.1) is 11.5 Å². The van der Waals surface area contributed by atoms with E-state index in [0.29, 0.717) is 19.3 Å². The lowest BCUT2D eigenvalue weighted by Crippen LogP contribution is -2.61.